The van der Waals surface area contributed by atoms with Crippen LogP contribution in [0.15, 0.2) is 60.8 Å². The first kappa shape index (κ1) is 64.0. The molecule has 0 aromatic rings. The van der Waals surface area contributed by atoms with Gasteiger partial charge in [0.1, 0.15) is 13.2 Å². The van der Waals surface area contributed by atoms with Crippen LogP contribution in [0, 0.1) is 0 Å². The van der Waals surface area contributed by atoms with Crippen LogP contribution in [0.4, 0.5) is 0 Å². The Labute approximate surface area is 412 Å². The summed E-state index contributed by atoms with van der Waals surface area (Å²) in [6, 6.07) is 0. The van der Waals surface area contributed by atoms with E-state index in [-0.39, 0.29) is 32.2 Å². The highest BCUT2D eigenvalue weighted by Crippen LogP contribution is 2.16. The first-order chi connectivity index (χ1) is 32.6. The Bertz CT molecular complexity index is 1280. The molecule has 9 heteroatoms. The van der Waals surface area contributed by atoms with Crippen LogP contribution in [0.5, 0.6) is 0 Å². The van der Waals surface area contributed by atoms with E-state index in [1.807, 2.05) is 21.1 Å². The molecule has 67 heavy (non-hydrogen) atoms. The van der Waals surface area contributed by atoms with E-state index in [2.05, 4.69) is 74.6 Å². The van der Waals surface area contributed by atoms with Gasteiger partial charge in [-0.25, -0.2) is 4.79 Å². The number of carboxylic acids is 1. The summed E-state index contributed by atoms with van der Waals surface area (Å²) in [5.74, 6) is -2.01. The molecule has 0 radical (unpaired) electrons. The third kappa shape index (κ3) is 50.7. The molecular weight excluding hydrogens is 839 g/mol. The van der Waals surface area contributed by atoms with E-state index < -0.39 is 24.3 Å². The normalized spacial score (nSPS) is 13.3. The lowest BCUT2D eigenvalue weighted by molar-refractivity contribution is -0.870. The van der Waals surface area contributed by atoms with Crippen LogP contribution in [0.3, 0.4) is 0 Å². The maximum Gasteiger partial charge on any atom is 0.361 e. The van der Waals surface area contributed by atoms with Gasteiger partial charge in [-0.05, 0) is 57.8 Å². The van der Waals surface area contributed by atoms with E-state index in [9.17, 15) is 19.5 Å². The van der Waals surface area contributed by atoms with Gasteiger partial charge in [0, 0.05) is 12.8 Å². The number of carbonyl (C=O) groups excluding carboxylic acids is 2. The van der Waals surface area contributed by atoms with E-state index >= 15 is 0 Å². The molecule has 0 aliphatic carbocycles. The second-order valence-electron chi connectivity index (χ2n) is 19.5. The average Bonchev–Trinajstić information content (AvgIpc) is 3.29. The molecular formula is C58H104NO8+. The summed E-state index contributed by atoms with van der Waals surface area (Å²) in [4.78, 5) is 36.9. The van der Waals surface area contributed by atoms with Crippen molar-refractivity contribution in [2.45, 2.75) is 245 Å². The lowest BCUT2D eigenvalue weighted by Crippen LogP contribution is -2.40. The maximum absolute atomic E-state index is 12.7. The number of aliphatic carboxylic acids is 1. The van der Waals surface area contributed by atoms with E-state index in [1.165, 1.54) is 122 Å². The minimum absolute atomic E-state index is 0.181. The van der Waals surface area contributed by atoms with Gasteiger partial charge in [-0.15, -0.1) is 0 Å². The van der Waals surface area contributed by atoms with Crippen LogP contribution >= 0.6 is 0 Å². The number of likely N-dealkylation sites (N-methyl/N-ethyl adjacent to an activating group) is 1. The molecule has 0 fully saturated rings. The van der Waals surface area contributed by atoms with Crippen molar-refractivity contribution in [3.8, 4) is 0 Å². The fraction of sp³-hybridized carbons (Fsp3) is 0.776. The van der Waals surface area contributed by atoms with Crippen LogP contribution in [-0.2, 0) is 33.3 Å². The van der Waals surface area contributed by atoms with E-state index in [4.69, 9.17) is 18.9 Å². The molecule has 0 aromatic carbocycles. The van der Waals surface area contributed by atoms with Gasteiger partial charge in [-0.1, -0.05) is 222 Å². The second kappa shape index (κ2) is 49.4. The topological polar surface area (TPSA) is 108 Å². The smallest absolute Gasteiger partial charge is 0.361 e. The van der Waals surface area contributed by atoms with Crippen LogP contribution < -0.4 is 0 Å². The number of carbonyl (C=O) groups is 3. The lowest BCUT2D eigenvalue weighted by Gasteiger charge is -2.25. The fourth-order valence-corrected chi connectivity index (χ4v) is 7.57. The predicted molar refractivity (Wildman–Crippen MR) is 281 cm³/mol. The molecule has 2 unspecified atom stereocenters. The zero-order valence-electron chi connectivity index (χ0n) is 44.1. The number of allylic oxidation sites excluding steroid dienone is 10. The van der Waals surface area contributed by atoms with E-state index in [0.717, 1.165) is 83.5 Å². The Hall–Kier alpha value is -3.01. The highest BCUT2D eigenvalue weighted by molar-refractivity contribution is 5.71. The molecule has 0 bridgehead atoms. The fourth-order valence-electron chi connectivity index (χ4n) is 7.57. The standard InChI is InChI=1S/C58H103NO8/c1-6-8-10-12-13-14-15-16-17-18-19-20-21-22-23-24-25-26-27-28-29-30-31-32-33-34-35-36-37-38-39-40-41-42-43-45-47-49-56(61)67-54(52-65-55(60)48-46-44-11-9-7-2)53-66-58(57(62)63)64-51-50-59(3,4)5/h8,10,13-14,16-17,19-20,22-23,54,58H,6-7,9,11-12,15,18,21,24-53H2,1-5H3/p+1/b10-8-,14-13-,17-16-,20-19-,23-22-. The van der Waals surface area contributed by atoms with Gasteiger partial charge in [0.25, 0.3) is 6.29 Å². The number of ether oxygens (including phenoxy) is 4. The number of nitrogens with zero attached hydrogens (tertiary/aromatic N) is 1. The zero-order chi connectivity index (χ0) is 49.2. The van der Waals surface area contributed by atoms with Crippen molar-refractivity contribution < 1.29 is 42.9 Å². The Morgan fingerprint density at radius 2 is 0.851 bits per heavy atom. The molecule has 2 atom stereocenters. The molecule has 0 saturated heterocycles. The Balaban J connectivity index is 3.84. The summed E-state index contributed by atoms with van der Waals surface area (Å²) < 4.78 is 22.6. The average molecular weight is 943 g/mol. The van der Waals surface area contributed by atoms with Crippen molar-refractivity contribution in [3.05, 3.63) is 60.8 Å². The highest BCUT2D eigenvalue weighted by Gasteiger charge is 2.25. The number of hydrogen-bond donors (Lipinski definition) is 1. The summed E-state index contributed by atoms with van der Waals surface area (Å²) >= 11 is 0. The summed E-state index contributed by atoms with van der Waals surface area (Å²) in [7, 11) is 5.95. The van der Waals surface area contributed by atoms with Crippen LogP contribution in [-0.4, -0.2) is 87.4 Å². The third-order valence-corrected chi connectivity index (χ3v) is 11.8. The minimum Gasteiger partial charge on any atom is -0.477 e. The molecule has 9 nitrogen and oxygen atoms in total. The van der Waals surface area contributed by atoms with Gasteiger partial charge >= 0.3 is 17.9 Å². The van der Waals surface area contributed by atoms with Crippen molar-refractivity contribution in [3.63, 3.8) is 0 Å². The summed E-state index contributed by atoms with van der Waals surface area (Å²) in [5.41, 5.74) is 0. The lowest BCUT2D eigenvalue weighted by atomic mass is 10.0. The van der Waals surface area contributed by atoms with Gasteiger partial charge in [0.2, 0.25) is 0 Å². The number of carboxylic acid groups (broad SMARTS) is 1. The van der Waals surface area contributed by atoms with Gasteiger partial charge in [-0.3, -0.25) is 9.59 Å². The molecule has 388 valence electrons. The van der Waals surface area contributed by atoms with Crippen molar-refractivity contribution in [2.24, 2.45) is 0 Å². The molecule has 0 rings (SSSR count). The molecule has 0 aromatic heterocycles. The molecule has 1 N–H and O–H groups in total. The van der Waals surface area contributed by atoms with Gasteiger partial charge in [0.15, 0.2) is 6.10 Å². The first-order valence-electron chi connectivity index (χ1n) is 27.5. The molecule has 0 heterocycles. The first-order valence-corrected chi connectivity index (χ1v) is 27.5. The van der Waals surface area contributed by atoms with Crippen LogP contribution in [0.2, 0.25) is 0 Å². The third-order valence-electron chi connectivity index (χ3n) is 11.8. The van der Waals surface area contributed by atoms with Crippen LogP contribution in [0.25, 0.3) is 0 Å². The molecule has 0 spiro atoms. The van der Waals surface area contributed by atoms with Crippen molar-refractivity contribution in [2.75, 3.05) is 47.5 Å². The Kier molecular flexibility index (Phi) is 47.2. The Morgan fingerprint density at radius 3 is 1.27 bits per heavy atom. The Morgan fingerprint density at radius 1 is 0.463 bits per heavy atom. The van der Waals surface area contributed by atoms with E-state index in [1.54, 1.807) is 0 Å². The summed E-state index contributed by atoms with van der Waals surface area (Å²) in [5, 5.41) is 9.61. The number of unbranched alkanes of at least 4 members (excludes halogenated alkanes) is 25. The van der Waals surface area contributed by atoms with Gasteiger partial charge < -0.3 is 28.5 Å². The largest absolute Gasteiger partial charge is 0.477 e. The molecule has 0 aliphatic rings. The summed E-state index contributed by atoms with van der Waals surface area (Å²) in [6.45, 7) is 4.67. The number of esters is 2. The monoisotopic (exact) mass is 943 g/mol. The van der Waals surface area contributed by atoms with Gasteiger partial charge in [-0.2, -0.15) is 0 Å². The van der Waals surface area contributed by atoms with Crippen molar-refractivity contribution in [1.82, 2.24) is 0 Å². The number of quaternary nitrogens is 1. The van der Waals surface area contributed by atoms with E-state index in [0.29, 0.717) is 17.4 Å². The number of rotatable bonds is 50. The SMILES string of the molecule is CC/C=C\C/C=C\C/C=C\C/C=C\C/C=C\CCCCCCCCCCCCCCCCCCCCCCCC(=O)OC(COC(=O)CCCCCCC)COC(OCC[N+](C)(C)C)C(=O)O. The predicted octanol–water partition coefficient (Wildman–Crippen LogP) is 15.7. The van der Waals surface area contributed by atoms with Gasteiger partial charge in [0.05, 0.1) is 34.4 Å². The molecule has 0 saturated carbocycles. The quantitative estimate of drug-likeness (QED) is 0.0211. The number of hydrogen-bond acceptors (Lipinski definition) is 7. The van der Waals surface area contributed by atoms with Crippen molar-refractivity contribution in [1.29, 1.82) is 0 Å². The minimum atomic E-state index is -1.50. The van der Waals surface area contributed by atoms with Crippen LogP contribution in [0.1, 0.15) is 232 Å². The zero-order valence-corrected chi connectivity index (χ0v) is 44.1. The maximum atomic E-state index is 12.7. The molecule has 0 aliphatic heterocycles. The highest BCUT2D eigenvalue weighted by atomic mass is 16.7. The molecule has 0 amide bonds. The second-order valence-corrected chi connectivity index (χ2v) is 19.5. The summed E-state index contributed by atoms with van der Waals surface area (Å²) in [6.07, 6.45) is 59.5. The van der Waals surface area contributed by atoms with Crippen molar-refractivity contribution >= 4 is 17.9 Å².